The van der Waals surface area contributed by atoms with Gasteiger partial charge in [-0.25, -0.2) is 9.97 Å². The van der Waals surface area contributed by atoms with Gasteiger partial charge in [-0.05, 0) is 30.9 Å². The quantitative estimate of drug-likeness (QED) is 0.536. The fourth-order valence-corrected chi connectivity index (χ4v) is 2.50. The van der Waals surface area contributed by atoms with Crippen molar-refractivity contribution < 1.29 is 0 Å². The summed E-state index contributed by atoms with van der Waals surface area (Å²) in [4.78, 5) is 21.1. The summed E-state index contributed by atoms with van der Waals surface area (Å²) in [7, 11) is 0. The molecule has 3 aromatic rings. The van der Waals surface area contributed by atoms with Gasteiger partial charge in [0.1, 0.15) is 0 Å². The summed E-state index contributed by atoms with van der Waals surface area (Å²) >= 11 is 1.46. The molecule has 100 valence electrons. The van der Waals surface area contributed by atoms with Gasteiger partial charge in [-0.1, -0.05) is 30.0 Å². The molecule has 0 aliphatic rings. The highest BCUT2D eigenvalue weighted by Crippen LogP contribution is 2.19. The van der Waals surface area contributed by atoms with E-state index in [1.165, 1.54) is 11.8 Å². The van der Waals surface area contributed by atoms with Crippen LogP contribution >= 0.6 is 11.8 Å². The van der Waals surface area contributed by atoms with Gasteiger partial charge in [0, 0.05) is 17.6 Å². The molecule has 0 unspecified atom stereocenters. The molecule has 0 aliphatic carbocycles. The van der Waals surface area contributed by atoms with E-state index < -0.39 is 0 Å². The van der Waals surface area contributed by atoms with Crippen molar-refractivity contribution in [2.75, 3.05) is 6.26 Å². The van der Waals surface area contributed by atoms with Crippen LogP contribution in [0.2, 0.25) is 0 Å². The number of benzene rings is 1. The number of pyridine rings is 1. The second kappa shape index (κ2) is 5.09. The lowest BCUT2D eigenvalue weighted by Gasteiger charge is -2.11. The van der Waals surface area contributed by atoms with Gasteiger partial charge in [-0.3, -0.25) is 9.36 Å². The Balaban J connectivity index is 2.44. The van der Waals surface area contributed by atoms with Gasteiger partial charge >= 0.3 is 0 Å². The summed E-state index contributed by atoms with van der Waals surface area (Å²) in [5.41, 5.74) is 2.28. The lowest BCUT2D eigenvalue weighted by molar-refractivity contribution is 0.934. The van der Waals surface area contributed by atoms with Crippen LogP contribution in [0.3, 0.4) is 0 Å². The number of thioether (sulfide) groups is 1. The molecule has 0 bridgehead atoms. The van der Waals surface area contributed by atoms with Crippen molar-refractivity contribution in [3.8, 4) is 5.69 Å². The summed E-state index contributed by atoms with van der Waals surface area (Å²) in [5, 5.41) is 1.55. The van der Waals surface area contributed by atoms with E-state index in [0.29, 0.717) is 10.8 Å². The molecule has 0 N–H and O–H groups in total. The van der Waals surface area contributed by atoms with Crippen molar-refractivity contribution in [2.24, 2.45) is 0 Å². The summed E-state index contributed by atoms with van der Waals surface area (Å²) in [6.45, 7) is 1.90. The normalized spacial score (nSPS) is 10.9. The average molecular weight is 283 g/mol. The fraction of sp³-hybridized carbons (Fsp3) is 0.133. The van der Waals surface area contributed by atoms with Crippen molar-refractivity contribution in [3.63, 3.8) is 0 Å². The summed E-state index contributed by atoms with van der Waals surface area (Å²) in [6, 6.07) is 11.2. The van der Waals surface area contributed by atoms with Crippen LogP contribution in [0.1, 0.15) is 5.56 Å². The lowest BCUT2D eigenvalue weighted by atomic mass is 10.2. The number of aryl methyl sites for hydroxylation is 1. The summed E-state index contributed by atoms with van der Waals surface area (Å²) in [6.07, 6.45) is 3.70. The highest BCUT2D eigenvalue weighted by molar-refractivity contribution is 7.98. The molecule has 5 heteroatoms. The van der Waals surface area contributed by atoms with Crippen molar-refractivity contribution in [2.45, 2.75) is 12.1 Å². The van der Waals surface area contributed by atoms with Gasteiger partial charge in [-0.15, -0.1) is 0 Å². The summed E-state index contributed by atoms with van der Waals surface area (Å²) in [5.74, 6) is 0. The number of fused-ring (bicyclic) bond motifs is 1. The molecule has 0 aliphatic heterocycles. The smallest absolute Gasteiger partial charge is 0.257 e. The zero-order chi connectivity index (χ0) is 14.1. The van der Waals surface area contributed by atoms with Gasteiger partial charge in [-0.2, -0.15) is 0 Å². The lowest BCUT2D eigenvalue weighted by Crippen LogP contribution is -2.19. The minimum Gasteiger partial charge on any atom is -0.269 e. The fourth-order valence-electron chi connectivity index (χ4n) is 2.16. The largest absolute Gasteiger partial charge is 0.269 e. The first-order valence-corrected chi connectivity index (χ1v) is 7.42. The minimum absolute atomic E-state index is 0.0769. The topological polar surface area (TPSA) is 47.8 Å². The Bertz CT molecular complexity index is 828. The molecule has 2 heterocycles. The van der Waals surface area contributed by atoms with Gasteiger partial charge in [0.2, 0.25) is 0 Å². The molecule has 2 aromatic heterocycles. The molecule has 3 rings (SSSR count). The molecule has 0 spiro atoms. The molecule has 0 saturated heterocycles. The molecule has 0 saturated carbocycles. The van der Waals surface area contributed by atoms with Crippen LogP contribution < -0.4 is 5.56 Å². The Labute approximate surface area is 120 Å². The Morgan fingerprint density at radius 3 is 2.65 bits per heavy atom. The van der Waals surface area contributed by atoms with Crippen LogP contribution in [0.25, 0.3) is 16.7 Å². The second-order valence-corrected chi connectivity index (χ2v) is 5.20. The predicted octanol–water partition coefficient (Wildman–Crippen LogP) is 2.81. The van der Waals surface area contributed by atoms with Gasteiger partial charge in [0.05, 0.1) is 5.69 Å². The predicted molar refractivity (Wildman–Crippen MR) is 81.7 cm³/mol. The third-order valence-corrected chi connectivity index (χ3v) is 3.70. The van der Waals surface area contributed by atoms with Gasteiger partial charge < -0.3 is 0 Å². The number of hydrogen-bond acceptors (Lipinski definition) is 4. The first-order chi connectivity index (χ1) is 9.70. The average Bonchev–Trinajstić information content (AvgIpc) is 2.47. The van der Waals surface area contributed by atoms with E-state index in [9.17, 15) is 4.79 Å². The van der Waals surface area contributed by atoms with Crippen molar-refractivity contribution in [1.82, 2.24) is 14.5 Å². The van der Waals surface area contributed by atoms with Crippen molar-refractivity contribution >= 4 is 22.8 Å². The molecule has 0 fully saturated rings. The van der Waals surface area contributed by atoms with Crippen LogP contribution in [0.4, 0.5) is 0 Å². The highest BCUT2D eigenvalue weighted by atomic mass is 32.2. The zero-order valence-electron chi connectivity index (χ0n) is 11.2. The highest BCUT2D eigenvalue weighted by Gasteiger charge is 2.10. The number of nitrogens with zero attached hydrogens (tertiary/aromatic N) is 3. The van der Waals surface area contributed by atoms with E-state index in [0.717, 1.165) is 16.6 Å². The number of rotatable bonds is 2. The van der Waals surface area contributed by atoms with E-state index in [1.54, 1.807) is 16.8 Å². The summed E-state index contributed by atoms with van der Waals surface area (Å²) < 4.78 is 1.63. The van der Waals surface area contributed by atoms with E-state index in [4.69, 9.17) is 0 Å². The Kier molecular flexibility index (Phi) is 3.28. The van der Waals surface area contributed by atoms with E-state index >= 15 is 0 Å². The molecule has 1 aromatic carbocycles. The minimum atomic E-state index is -0.0769. The number of para-hydroxylation sites is 1. The maximum absolute atomic E-state index is 12.3. The van der Waals surface area contributed by atoms with E-state index in [1.807, 2.05) is 43.5 Å². The molecule has 0 radical (unpaired) electrons. The molecule has 0 amide bonds. The number of aromatic nitrogens is 3. The molecule has 20 heavy (non-hydrogen) atoms. The Morgan fingerprint density at radius 2 is 1.95 bits per heavy atom. The first-order valence-electron chi connectivity index (χ1n) is 6.19. The Hall–Kier alpha value is -2.14. The molecule has 0 atom stereocenters. The van der Waals surface area contributed by atoms with Crippen LogP contribution in [0, 0.1) is 6.92 Å². The standard InChI is InChI=1S/C15H13N3OS/c1-10-8-13(19)18(11-6-4-3-5-7-11)14-12(10)9-16-15(17-14)20-2/h3-9H,1-2H3. The monoisotopic (exact) mass is 283 g/mol. The van der Waals surface area contributed by atoms with Crippen LogP contribution in [0.15, 0.2) is 52.5 Å². The number of hydrogen-bond donors (Lipinski definition) is 0. The van der Waals surface area contributed by atoms with Crippen molar-refractivity contribution in [3.05, 3.63) is 58.5 Å². The third kappa shape index (κ3) is 2.10. The van der Waals surface area contributed by atoms with Gasteiger partial charge in [0.15, 0.2) is 10.8 Å². The molecule has 4 nitrogen and oxygen atoms in total. The maximum atomic E-state index is 12.3. The van der Waals surface area contributed by atoms with Gasteiger partial charge in [0.25, 0.3) is 5.56 Å². The van der Waals surface area contributed by atoms with E-state index in [2.05, 4.69) is 9.97 Å². The molecular formula is C15H13N3OS. The second-order valence-electron chi connectivity index (χ2n) is 4.43. The first kappa shape index (κ1) is 12.9. The van der Waals surface area contributed by atoms with Crippen LogP contribution in [-0.2, 0) is 0 Å². The van der Waals surface area contributed by atoms with Crippen molar-refractivity contribution in [1.29, 1.82) is 0 Å². The van der Waals surface area contributed by atoms with E-state index in [-0.39, 0.29) is 5.56 Å². The van der Waals surface area contributed by atoms with Crippen LogP contribution in [-0.4, -0.2) is 20.8 Å². The SMILES string of the molecule is CSc1ncc2c(C)cc(=O)n(-c3ccccc3)c2n1. The van der Waals surface area contributed by atoms with Crippen LogP contribution in [0.5, 0.6) is 0 Å². The Morgan fingerprint density at radius 1 is 1.20 bits per heavy atom. The zero-order valence-corrected chi connectivity index (χ0v) is 12.0. The molecular weight excluding hydrogens is 270 g/mol. The maximum Gasteiger partial charge on any atom is 0.257 e. The third-order valence-electron chi connectivity index (χ3n) is 3.14.